The number of carbonyl (C=O) groups is 1. The normalized spacial score (nSPS) is 14.2. The lowest BCUT2D eigenvalue weighted by Crippen LogP contribution is -2.38. The van der Waals surface area contributed by atoms with Crippen molar-refractivity contribution in [3.8, 4) is 33.8 Å². The SMILES string of the molecule is O=C1c2ccccc2C(c2ccccc2)(c2ccccc2)c2cc(-c3ccc(N4c5ccccc5Oc5cc(N(C6=CCCC=C6)c6ccc(-c7ccccc7)cc6)ccc54)cc3)ccc21. The van der Waals surface area contributed by atoms with E-state index >= 15 is 0 Å². The topological polar surface area (TPSA) is 32.8 Å². The van der Waals surface area contributed by atoms with Crippen LogP contribution in [0.15, 0.2) is 248 Å². The van der Waals surface area contributed by atoms with Crippen LogP contribution in [0.4, 0.5) is 28.4 Å². The fourth-order valence-corrected chi connectivity index (χ4v) is 10.3. The number of fused-ring (bicyclic) bond motifs is 4. The molecule has 0 atom stereocenters. The lowest BCUT2D eigenvalue weighted by atomic mass is 9.59. The summed E-state index contributed by atoms with van der Waals surface area (Å²) in [5, 5.41) is 0. The van der Waals surface area contributed by atoms with Crippen LogP contribution in [0.25, 0.3) is 22.3 Å². The van der Waals surface area contributed by atoms with E-state index in [0.717, 1.165) is 103 Å². The van der Waals surface area contributed by atoms with Crippen molar-refractivity contribution in [2.24, 2.45) is 0 Å². The fraction of sp³-hybridized carbons (Fsp3) is 0.0484. The van der Waals surface area contributed by atoms with Gasteiger partial charge in [0.2, 0.25) is 0 Å². The molecule has 0 fully saturated rings. The lowest BCUT2D eigenvalue weighted by molar-refractivity contribution is 0.103. The fourth-order valence-electron chi connectivity index (χ4n) is 10.3. The van der Waals surface area contributed by atoms with Gasteiger partial charge in [0.05, 0.1) is 16.8 Å². The molecule has 3 aliphatic rings. The molecule has 0 N–H and O–H groups in total. The van der Waals surface area contributed by atoms with Crippen molar-refractivity contribution in [2.75, 3.05) is 9.80 Å². The minimum absolute atomic E-state index is 0.0498. The maximum atomic E-state index is 14.4. The molecule has 9 aromatic rings. The predicted molar refractivity (Wildman–Crippen MR) is 269 cm³/mol. The number of hydrogen-bond acceptors (Lipinski definition) is 4. The maximum Gasteiger partial charge on any atom is 0.193 e. The standard InChI is InChI=1S/C62H44N2O2/c65-61-53-25-13-14-26-55(53)62(47-19-7-2-8-20-47,48-21-9-3-10-22-48)56-41-46(33-39-54(56)61)45-31-36-51(37-32-45)64-57-27-15-16-28-59(57)66-60-42-52(38-40-58(60)64)63(49-23-11-4-12-24-49)50-34-29-44(30-35-50)43-17-5-1-6-18-43/h1-3,5-11,13-42H,4,12H2. The number of rotatable bonds is 8. The molecule has 0 unspecified atom stereocenters. The van der Waals surface area contributed by atoms with Crippen LogP contribution in [0, 0.1) is 0 Å². The number of hydrogen-bond donors (Lipinski definition) is 0. The van der Waals surface area contributed by atoms with Gasteiger partial charge < -0.3 is 14.5 Å². The molecule has 0 spiro atoms. The molecule has 0 saturated carbocycles. The largest absolute Gasteiger partial charge is 0.453 e. The minimum Gasteiger partial charge on any atom is -0.453 e. The first kappa shape index (κ1) is 39.1. The number of nitrogens with zero attached hydrogens (tertiary/aromatic N) is 2. The second kappa shape index (κ2) is 16.3. The smallest absolute Gasteiger partial charge is 0.193 e. The predicted octanol–water partition coefficient (Wildman–Crippen LogP) is 15.9. The first-order valence-corrected chi connectivity index (χ1v) is 22.7. The number of benzene rings is 9. The highest BCUT2D eigenvalue weighted by Gasteiger charge is 2.46. The summed E-state index contributed by atoms with van der Waals surface area (Å²) in [5.41, 5.74) is 15.6. The zero-order valence-electron chi connectivity index (χ0n) is 36.2. The molecule has 9 aromatic carbocycles. The lowest BCUT2D eigenvalue weighted by Gasteiger charge is -2.42. The molecule has 314 valence electrons. The Morgan fingerprint density at radius 1 is 0.455 bits per heavy atom. The number of ether oxygens (including phenoxy) is 1. The zero-order chi connectivity index (χ0) is 44.0. The Morgan fingerprint density at radius 2 is 1.03 bits per heavy atom. The van der Waals surface area contributed by atoms with Crippen LogP contribution in [0.1, 0.15) is 51.0 Å². The first-order valence-electron chi connectivity index (χ1n) is 22.7. The van der Waals surface area contributed by atoms with Crippen LogP contribution in [-0.2, 0) is 5.41 Å². The number of anilines is 5. The molecule has 2 aliphatic carbocycles. The van der Waals surface area contributed by atoms with Crippen LogP contribution in [0.2, 0.25) is 0 Å². The van der Waals surface area contributed by atoms with Crippen molar-refractivity contribution in [1.82, 2.24) is 0 Å². The van der Waals surface area contributed by atoms with E-state index in [4.69, 9.17) is 4.74 Å². The second-order valence-corrected chi connectivity index (χ2v) is 17.1. The number of ketones is 1. The highest BCUT2D eigenvalue weighted by atomic mass is 16.5. The molecule has 4 heteroatoms. The van der Waals surface area contributed by atoms with E-state index in [0.29, 0.717) is 0 Å². The van der Waals surface area contributed by atoms with E-state index in [-0.39, 0.29) is 5.78 Å². The van der Waals surface area contributed by atoms with Crippen LogP contribution in [0.5, 0.6) is 11.5 Å². The van der Waals surface area contributed by atoms with Gasteiger partial charge in [0.1, 0.15) is 0 Å². The third kappa shape index (κ3) is 6.49. The van der Waals surface area contributed by atoms with E-state index in [9.17, 15) is 4.79 Å². The molecule has 0 aromatic heterocycles. The molecular weight excluding hydrogens is 805 g/mol. The van der Waals surface area contributed by atoms with E-state index < -0.39 is 5.41 Å². The third-order valence-electron chi connectivity index (χ3n) is 13.4. The molecule has 66 heavy (non-hydrogen) atoms. The van der Waals surface area contributed by atoms with Crippen molar-refractivity contribution in [2.45, 2.75) is 18.3 Å². The molecular formula is C62H44N2O2. The van der Waals surface area contributed by atoms with Gasteiger partial charge in [-0.2, -0.15) is 0 Å². The van der Waals surface area contributed by atoms with Gasteiger partial charge in [0, 0.05) is 40.0 Å². The van der Waals surface area contributed by atoms with Gasteiger partial charge in [0.15, 0.2) is 17.3 Å². The summed E-state index contributed by atoms with van der Waals surface area (Å²) >= 11 is 0. The average Bonchev–Trinajstić information content (AvgIpc) is 3.39. The van der Waals surface area contributed by atoms with E-state index in [1.54, 1.807) is 0 Å². The van der Waals surface area contributed by atoms with Gasteiger partial charge in [-0.1, -0.05) is 176 Å². The summed E-state index contributed by atoms with van der Waals surface area (Å²) in [6, 6.07) is 78.6. The molecule has 12 rings (SSSR count). The first-order chi connectivity index (χ1) is 32.6. The number of para-hydroxylation sites is 2. The molecule has 0 saturated heterocycles. The van der Waals surface area contributed by atoms with Crippen molar-refractivity contribution in [3.63, 3.8) is 0 Å². The highest BCUT2D eigenvalue weighted by Crippen LogP contribution is 2.54. The van der Waals surface area contributed by atoms with Crippen LogP contribution < -0.4 is 14.5 Å². The molecule has 1 heterocycles. The summed E-state index contributed by atoms with van der Waals surface area (Å²) in [6.45, 7) is 0. The van der Waals surface area contributed by atoms with Crippen molar-refractivity contribution in [3.05, 3.63) is 282 Å². The van der Waals surface area contributed by atoms with Crippen LogP contribution in [-0.4, -0.2) is 5.78 Å². The zero-order valence-corrected chi connectivity index (χ0v) is 36.2. The van der Waals surface area contributed by atoms with Gasteiger partial charge >= 0.3 is 0 Å². The summed E-state index contributed by atoms with van der Waals surface area (Å²) in [6.07, 6.45) is 8.81. The minimum atomic E-state index is -0.705. The Hall–Kier alpha value is -8.47. The Kier molecular flexibility index (Phi) is 9.65. The van der Waals surface area contributed by atoms with Gasteiger partial charge in [-0.25, -0.2) is 0 Å². The molecule has 0 amide bonds. The van der Waals surface area contributed by atoms with Crippen molar-refractivity contribution >= 4 is 34.2 Å². The Bertz CT molecular complexity index is 3300. The van der Waals surface area contributed by atoms with E-state index in [2.05, 4.69) is 222 Å². The monoisotopic (exact) mass is 848 g/mol. The quantitative estimate of drug-likeness (QED) is 0.152. The summed E-state index contributed by atoms with van der Waals surface area (Å²) < 4.78 is 6.76. The van der Waals surface area contributed by atoms with E-state index in [1.165, 1.54) is 11.1 Å². The van der Waals surface area contributed by atoms with E-state index in [1.807, 2.05) is 30.3 Å². The number of allylic oxidation sites excluding steroid dienone is 3. The highest BCUT2D eigenvalue weighted by molar-refractivity contribution is 6.14. The Labute approximate surface area is 385 Å². The van der Waals surface area contributed by atoms with Gasteiger partial charge in [-0.15, -0.1) is 0 Å². The third-order valence-corrected chi connectivity index (χ3v) is 13.4. The Morgan fingerprint density at radius 3 is 1.76 bits per heavy atom. The Balaban J connectivity index is 0.938. The molecule has 4 nitrogen and oxygen atoms in total. The number of carbonyl (C=O) groups excluding carboxylic acids is 1. The second-order valence-electron chi connectivity index (χ2n) is 17.1. The van der Waals surface area contributed by atoms with Crippen molar-refractivity contribution in [1.29, 1.82) is 0 Å². The van der Waals surface area contributed by atoms with Crippen LogP contribution in [0.3, 0.4) is 0 Å². The summed E-state index contributed by atoms with van der Waals surface area (Å²) in [4.78, 5) is 19.0. The molecule has 0 bridgehead atoms. The summed E-state index contributed by atoms with van der Waals surface area (Å²) in [5.74, 6) is 1.62. The summed E-state index contributed by atoms with van der Waals surface area (Å²) in [7, 11) is 0. The van der Waals surface area contributed by atoms with Crippen molar-refractivity contribution < 1.29 is 9.53 Å². The van der Waals surface area contributed by atoms with Gasteiger partial charge in [-0.3, -0.25) is 4.79 Å². The van der Waals surface area contributed by atoms with Crippen LogP contribution >= 0.6 is 0 Å². The molecule has 0 radical (unpaired) electrons. The van der Waals surface area contributed by atoms with Gasteiger partial charge in [-0.05, 0) is 118 Å². The van der Waals surface area contributed by atoms with Gasteiger partial charge in [0.25, 0.3) is 0 Å². The maximum absolute atomic E-state index is 14.4. The molecule has 1 aliphatic heterocycles. The average molecular weight is 849 g/mol.